The van der Waals surface area contributed by atoms with Gasteiger partial charge in [0.05, 0.1) is 6.10 Å². The second kappa shape index (κ2) is 12.6. The number of epoxide rings is 1. The van der Waals surface area contributed by atoms with Crippen molar-refractivity contribution in [1.29, 1.82) is 0 Å². The highest BCUT2D eigenvalue weighted by Gasteiger charge is 2.36. The van der Waals surface area contributed by atoms with E-state index in [1.54, 1.807) is 13.0 Å². The highest BCUT2D eigenvalue weighted by Crippen LogP contribution is 2.29. The molecular weight excluding hydrogens is 288 g/mol. The maximum absolute atomic E-state index is 10.7. The average molecular weight is 325 g/mol. The molecule has 2 unspecified atom stereocenters. The maximum atomic E-state index is 10.7. The van der Waals surface area contributed by atoms with Gasteiger partial charge in [-0.3, -0.25) is 0 Å². The molecule has 1 N–H and O–H groups in total. The van der Waals surface area contributed by atoms with E-state index in [2.05, 4.69) is 6.92 Å². The summed E-state index contributed by atoms with van der Waals surface area (Å²) in [6.07, 6.45) is 19.5. The lowest BCUT2D eigenvalue weighted by Crippen LogP contribution is -1.99. The third-order valence-electron chi connectivity index (χ3n) is 4.72. The van der Waals surface area contributed by atoms with Crippen molar-refractivity contribution in [3.05, 3.63) is 11.6 Å². The summed E-state index contributed by atoms with van der Waals surface area (Å²) < 4.78 is 5.50. The van der Waals surface area contributed by atoms with E-state index in [1.165, 1.54) is 77.0 Å². The first kappa shape index (κ1) is 20.2. The number of rotatable bonds is 15. The minimum atomic E-state index is -0.843. The molecule has 3 nitrogen and oxygen atoms in total. The maximum Gasteiger partial charge on any atom is 0.331 e. The highest BCUT2D eigenvalue weighted by molar-refractivity contribution is 5.85. The van der Waals surface area contributed by atoms with Gasteiger partial charge in [0.1, 0.15) is 6.10 Å². The number of carboxylic acids is 1. The Morgan fingerprint density at radius 1 is 0.913 bits per heavy atom. The van der Waals surface area contributed by atoms with Crippen molar-refractivity contribution in [2.45, 2.75) is 110 Å². The molecule has 3 heteroatoms. The van der Waals surface area contributed by atoms with Gasteiger partial charge < -0.3 is 9.84 Å². The Labute approximate surface area is 142 Å². The second-order valence-electron chi connectivity index (χ2n) is 6.97. The zero-order valence-electron chi connectivity index (χ0n) is 15.2. The molecule has 134 valence electrons. The molecule has 2 atom stereocenters. The van der Waals surface area contributed by atoms with Crippen LogP contribution in [0, 0.1) is 0 Å². The van der Waals surface area contributed by atoms with Crippen LogP contribution >= 0.6 is 0 Å². The monoisotopic (exact) mass is 324 g/mol. The molecule has 0 aromatic heterocycles. The average Bonchev–Trinajstić information content (AvgIpc) is 3.26. The fourth-order valence-electron chi connectivity index (χ4n) is 3.04. The van der Waals surface area contributed by atoms with Gasteiger partial charge in [0, 0.05) is 5.57 Å². The van der Waals surface area contributed by atoms with Crippen LogP contribution in [0.1, 0.15) is 97.3 Å². The molecule has 1 aliphatic heterocycles. The normalized spacial score (nSPS) is 20.7. The fraction of sp³-hybridized carbons (Fsp3) is 0.850. The molecule has 23 heavy (non-hydrogen) atoms. The van der Waals surface area contributed by atoms with Gasteiger partial charge in [-0.15, -0.1) is 0 Å². The number of carboxylic acid groups (broad SMARTS) is 1. The molecule has 0 saturated carbocycles. The largest absolute Gasteiger partial charge is 0.478 e. The Hall–Kier alpha value is -0.830. The van der Waals surface area contributed by atoms with E-state index in [1.807, 2.05) is 0 Å². The first-order valence-electron chi connectivity index (χ1n) is 9.72. The van der Waals surface area contributed by atoms with Gasteiger partial charge in [-0.05, 0) is 19.4 Å². The van der Waals surface area contributed by atoms with E-state index in [0.717, 1.165) is 6.42 Å². The summed E-state index contributed by atoms with van der Waals surface area (Å²) in [6, 6.07) is 0. The Bertz CT molecular complexity index is 349. The van der Waals surface area contributed by atoms with Crippen LogP contribution in [0.4, 0.5) is 0 Å². The van der Waals surface area contributed by atoms with Crippen molar-refractivity contribution < 1.29 is 14.6 Å². The van der Waals surface area contributed by atoms with Gasteiger partial charge >= 0.3 is 5.97 Å². The summed E-state index contributed by atoms with van der Waals surface area (Å²) >= 11 is 0. The Balaban J connectivity index is 1.81. The predicted octanol–water partition coefficient (Wildman–Crippen LogP) is 5.88. The smallest absolute Gasteiger partial charge is 0.331 e. The second-order valence-corrected chi connectivity index (χ2v) is 6.97. The molecule has 1 heterocycles. The predicted molar refractivity (Wildman–Crippen MR) is 95.7 cm³/mol. The molecule has 0 aromatic carbocycles. The van der Waals surface area contributed by atoms with E-state index in [9.17, 15) is 4.79 Å². The summed E-state index contributed by atoms with van der Waals surface area (Å²) in [7, 11) is 0. The van der Waals surface area contributed by atoms with Gasteiger partial charge in [0.15, 0.2) is 0 Å². The summed E-state index contributed by atoms with van der Waals surface area (Å²) in [6.45, 7) is 3.90. The van der Waals surface area contributed by atoms with E-state index in [0.29, 0.717) is 5.57 Å². The number of aliphatic carboxylic acids is 1. The van der Waals surface area contributed by atoms with E-state index in [-0.39, 0.29) is 12.2 Å². The molecule has 0 radical (unpaired) electrons. The Morgan fingerprint density at radius 2 is 1.39 bits per heavy atom. The molecule has 0 bridgehead atoms. The molecule has 0 amide bonds. The van der Waals surface area contributed by atoms with Crippen LogP contribution in [0.2, 0.25) is 0 Å². The number of hydrogen-bond donors (Lipinski definition) is 1. The quantitative estimate of drug-likeness (QED) is 0.232. The SMILES string of the molecule is CCCCCCCCCCCCCCC1OC1C=C(C)C(=O)O. The highest BCUT2D eigenvalue weighted by atomic mass is 16.6. The Kier molecular flexibility index (Phi) is 11.1. The van der Waals surface area contributed by atoms with Crippen LogP contribution in [0.5, 0.6) is 0 Å². The van der Waals surface area contributed by atoms with E-state index in [4.69, 9.17) is 9.84 Å². The number of carbonyl (C=O) groups is 1. The molecular formula is C20H36O3. The molecule has 1 fully saturated rings. The third-order valence-corrected chi connectivity index (χ3v) is 4.72. The van der Waals surface area contributed by atoms with E-state index >= 15 is 0 Å². The lowest BCUT2D eigenvalue weighted by Gasteiger charge is -2.02. The van der Waals surface area contributed by atoms with E-state index < -0.39 is 5.97 Å². The molecule has 0 aliphatic carbocycles. The van der Waals surface area contributed by atoms with Gasteiger partial charge in [-0.1, -0.05) is 84.0 Å². The summed E-state index contributed by atoms with van der Waals surface area (Å²) in [5.74, 6) is -0.843. The van der Waals surface area contributed by atoms with Crippen molar-refractivity contribution in [3.63, 3.8) is 0 Å². The summed E-state index contributed by atoms with van der Waals surface area (Å²) in [5, 5.41) is 8.81. The van der Waals surface area contributed by atoms with Crippen LogP contribution in [-0.4, -0.2) is 23.3 Å². The molecule has 0 spiro atoms. The van der Waals surface area contributed by atoms with Crippen molar-refractivity contribution in [1.82, 2.24) is 0 Å². The van der Waals surface area contributed by atoms with Crippen molar-refractivity contribution in [2.75, 3.05) is 0 Å². The first-order valence-corrected chi connectivity index (χ1v) is 9.72. The van der Waals surface area contributed by atoms with Crippen LogP contribution < -0.4 is 0 Å². The number of unbranched alkanes of at least 4 members (excludes halogenated alkanes) is 11. The lowest BCUT2D eigenvalue weighted by molar-refractivity contribution is -0.132. The van der Waals surface area contributed by atoms with Crippen LogP contribution in [0.25, 0.3) is 0 Å². The number of ether oxygens (including phenoxy) is 1. The van der Waals surface area contributed by atoms with Crippen molar-refractivity contribution >= 4 is 5.97 Å². The van der Waals surface area contributed by atoms with Gasteiger partial charge in [-0.25, -0.2) is 4.79 Å². The standard InChI is InChI=1S/C20H36O3/c1-3-4-5-6-7-8-9-10-11-12-13-14-15-18-19(23-18)16-17(2)20(21)22/h16,18-19H,3-15H2,1-2H3,(H,21,22). The van der Waals surface area contributed by atoms with Crippen LogP contribution in [0.15, 0.2) is 11.6 Å². The zero-order chi connectivity index (χ0) is 16.9. The minimum absolute atomic E-state index is 0.0545. The summed E-state index contributed by atoms with van der Waals surface area (Å²) in [5.41, 5.74) is 0.396. The van der Waals surface area contributed by atoms with Gasteiger partial charge in [0.2, 0.25) is 0 Å². The minimum Gasteiger partial charge on any atom is -0.478 e. The lowest BCUT2D eigenvalue weighted by atomic mass is 10.0. The third kappa shape index (κ3) is 10.5. The molecule has 1 rings (SSSR count). The molecule has 1 aliphatic rings. The fourth-order valence-corrected chi connectivity index (χ4v) is 3.04. The Morgan fingerprint density at radius 3 is 1.87 bits per heavy atom. The molecule has 1 saturated heterocycles. The zero-order valence-corrected chi connectivity index (χ0v) is 15.2. The summed E-state index contributed by atoms with van der Waals surface area (Å²) in [4.78, 5) is 10.7. The van der Waals surface area contributed by atoms with Gasteiger partial charge in [-0.2, -0.15) is 0 Å². The first-order chi connectivity index (χ1) is 11.1. The molecule has 0 aromatic rings. The van der Waals surface area contributed by atoms with Crippen LogP contribution in [-0.2, 0) is 9.53 Å². The van der Waals surface area contributed by atoms with Crippen LogP contribution in [0.3, 0.4) is 0 Å². The topological polar surface area (TPSA) is 49.8 Å². The van der Waals surface area contributed by atoms with Gasteiger partial charge in [0.25, 0.3) is 0 Å². The van der Waals surface area contributed by atoms with Crippen molar-refractivity contribution in [2.24, 2.45) is 0 Å². The number of hydrogen-bond acceptors (Lipinski definition) is 2. The van der Waals surface area contributed by atoms with Crippen molar-refractivity contribution in [3.8, 4) is 0 Å².